The summed E-state index contributed by atoms with van der Waals surface area (Å²) in [4.78, 5) is 11.3. The first-order chi connectivity index (χ1) is 18.7. The number of nitrogens with one attached hydrogen (secondary N) is 2. The van der Waals surface area contributed by atoms with Gasteiger partial charge in [-0.3, -0.25) is 4.68 Å². The van der Waals surface area contributed by atoms with Crippen molar-refractivity contribution < 1.29 is 14.0 Å². The summed E-state index contributed by atoms with van der Waals surface area (Å²) in [7, 11) is 0.992. The minimum absolute atomic E-state index is 0.324. The highest BCUT2D eigenvalue weighted by Gasteiger charge is 2.21. The third-order valence-electron chi connectivity index (χ3n) is 6.41. The molecule has 10 nitrogen and oxygen atoms in total. The van der Waals surface area contributed by atoms with Crippen LogP contribution in [0.2, 0.25) is 5.02 Å². The Kier molecular flexibility index (Phi) is 7.79. The molecule has 1 aliphatic heterocycles. The Morgan fingerprint density at radius 2 is 1.85 bits per heavy atom. The minimum atomic E-state index is -2.53. The molecule has 1 saturated heterocycles. The molecule has 0 amide bonds. The predicted octanol–water partition coefficient (Wildman–Crippen LogP) is 5.11. The Morgan fingerprint density at radius 3 is 2.54 bits per heavy atom. The van der Waals surface area contributed by atoms with Crippen LogP contribution in [0.4, 0.5) is 28.8 Å². The van der Waals surface area contributed by atoms with E-state index in [1.807, 2.05) is 55.8 Å². The maximum atomic E-state index is 12.8. The molecule has 2 N–H and O–H groups in total. The Labute approximate surface area is 232 Å². The summed E-state index contributed by atoms with van der Waals surface area (Å²) in [5.74, 6) is 1.36. The van der Waals surface area contributed by atoms with E-state index in [1.165, 1.54) is 6.20 Å². The van der Waals surface area contributed by atoms with E-state index < -0.39 is 7.14 Å². The molecule has 3 heterocycles. The third-order valence-corrected chi connectivity index (χ3v) is 8.24. The first-order valence-electron chi connectivity index (χ1n) is 12.5. The lowest BCUT2D eigenvalue weighted by molar-refractivity contribution is 0.122. The molecular formula is C27H31ClN7O3P. The maximum Gasteiger partial charge on any atom is 0.229 e. The molecule has 204 valence electrons. The zero-order chi connectivity index (χ0) is 27.6. The molecule has 0 bridgehead atoms. The van der Waals surface area contributed by atoms with Gasteiger partial charge in [0.1, 0.15) is 17.9 Å². The van der Waals surface area contributed by atoms with Crippen molar-refractivity contribution in [1.82, 2.24) is 19.7 Å². The average molecular weight is 568 g/mol. The van der Waals surface area contributed by atoms with Crippen molar-refractivity contribution >= 4 is 52.9 Å². The Balaban J connectivity index is 1.51. The van der Waals surface area contributed by atoms with Gasteiger partial charge in [0, 0.05) is 54.5 Å². The van der Waals surface area contributed by atoms with E-state index in [9.17, 15) is 4.57 Å². The van der Waals surface area contributed by atoms with Crippen LogP contribution in [0.15, 0.2) is 55.0 Å². The fourth-order valence-corrected chi connectivity index (χ4v) is 5.80. The minimum Gasteiger partial charge on any atom is -0.494 e. The standard InChI is InChI=1S/C27H31ClN7O3P/c1-34-17-18(15-30-34)19-13-22(24(37-2)14-23(19)35-9-11-38-12-10-35)32-27-29-16-20(28)26(33-27)31-21-7-5-6-8-25(21)39(3,4)36/h5-8,13-17H,9-12H2,1-4H3,(H2,29,31,32,33). The molecule has 0 unspecified atom stereocenters. The van der Waals surface area contributed by atoms with E-state index in [-0.39, 0.29) is 0 Å². The van der Waals surface area contributed by atoms with Gasteiger partial charge in [0.05, 0.1) is 44.1 Å². The number of aromatic nitrogens is 4. The normalized spacial score (nSPS) is 13.8. The number of halogens is 1. The van der Waals surface area contributed by atoms with Crippen LogP contribution in [0.5, 0.6) is 5.75 Å². The van der Waals surface area contributed by atoms with Gasteiger partial charge >= 0.3 is 0 Å². The summed E-state index contributed by atoms with van der Waals surface area (Å²) in [6.45, 7) is 6.35. The van der Waals surface area contributed by atoms with E-state index in [4.69, 9.17) is 21.1 Å². The van der Waals surface area contributed by atoms with Crippen molar-refractivity contribution in [3.8, 4) is 16.9 Å². The van der Waals surface area contributed by atoms with E-state index >= 15 is 0 Å². The molecule has 0 spiro atoms. The lowest BCUT2D eigenvalue weighted by atomic mass is 10.0. The summed E-state index contributed by atoms with van der Waals surface area (Å²) < 4.78 is 26.0. The number of anilines is 5. The molecule has 12 heteroatoms. The number of para-hydroxylation sites is 1. The quantitative estimate of drug-likeness (QED) is 0.281. The number of ether oxygens (including phenoxy) is 2. The molecule has 5 rings (SSSR count). The molecule has 1 aliphatic rings. The number of aryl methyl sites for hydroxylation is 1. The van der Waals surface area contributed by atoms with Gasteiger partial charge in [-0.15, -0.1) is 0 Å². The van der Waals surface area contributed by atoms with Crippen LogP contribution >= 0.6 is 18.7 Å². The molecular weight excluding hydrogens is 537 g/mol. The predicted molar refractivity (Wildman–Crippen MR) is 157 cm³/mol. The van der Waals surface area contributed by atoms with E-state index in [0.717, 1.165) is 35.2 Å². The molecule has 0 radical (unpaired) electrons. The summed E-state index contributed by atoms with van der Waals surface area (Å²) >= 11 is 6.45. The smallest absolute Gasteiger partial charge is 0.229 e. The second kappa shape index (κ2) is 11.3. The third kappa shape index (κ3) is 6.03. The molecule has 0 atom stereocenters. The molecule has 39 heavy (non-hydrogen) atoms. The van der Waals surface area contributed by atoms with Crippen molar-refractivity contribution in [1.29, 1.82) is 0 Å². The second-order valence-corrected chi connectivity index (χ2v) is 13.2. The van der Waals surface area contributed by atoms with Crippen LogP contribution < -0.4 is 25.6 Å². The summed E-state index contributed by atoms with van der Waals surface area (Å²) in [6.07, 6.45) is 5.35. The molecule has 2 aromatic carbocycles. The molecule has 0 saturated carbocycles. The Morgan fingerprint density at radius 1 is 1.08 bits per heavy atom. The van der Waals surface area contributed by atoms with Crippen LogP contribution in [-0.2, 0) is 16.3 Å². The van der Waals surface area contributed by atoms with Gasteiger partial charge in [0.2, 0.25) is 5.95 Å². The second-order valence-electron chi connectivity index (χ2n) is 9.58. The molecule has 2 aromatic heterocycles. The number of nitrogens with zero attached hydrogens (tertiary/aromatic N) is 5. The van der Waals surface area contributed by atoms with Gasteiger partial charge in [0.15, 0.2) is 5.82 Å². The van der Waals surface area contributed by atoms with Crippen LogP contribution in [0.3, 0.4) is 0 Å². The summed E-state index contributed by atoms with van der Waals surface area (Å²) in [5, 5.41) is 12.0. The first-order valence-corrected chi connectivity index (χ1v) is 15.5. The zero-order valence-corrected chi connectivity index (χ0v) is 24.0. The number of methoxy groups -OCH3 is 1. The van der Waals surface area contributed by atoms with Gasteiger partial charge in [-0.2, -0.15) is 10.1 Å². The van der Waals surface area contributed by atoms with Gasteiger partial charge in [-0.05, 0) is 31.5 Å². The average Bonchev–Trinajstić information content (AvgIpc) is 3.36. The maximum absolute atomic E-state index is 12.8. The summed E-state index contributed by atoms with van der Waals surface area (Å²) in [5.41, 5.74) is 4.38. The number of morpholine rings is 1. The largest absolute Gasteiger partial charge is 0.494 e. The van der Waals surface area contributed by atoms with Crippen LogP contribution in [0.1, 0.15) is 0 Å². The van der Waals surface area contributed by atoms with Crippen LogP contribution in [0.25, 0.3) is 11.1 Å². The van der Waals surface area contributed by atoms with Gasteiger partial charge in [-0.1, -0.05) is 23.7 Å². The van der Waals surface area contributed by atoms with Crippen molar-refractivity contribution in [3.63, 3.8) is 0 Å². The van der Waals surface area contributed by atoms with Crippen LogP contribution in [-0.4, -0.2) is 66.5 Å². The number of hydrogen-bond acceptors (Lipinski definition) is 9. The topological polar surface area (TPSA) is 106 Å². The number of rotatable bonds is 8. The first kappa shape index (κ1) is 27.0. The van der Waals surface area contributed by atoms with Crippen molar-refractivity contribution in [2.75, 3.05) is 62.3 Å². The van der Waals surface area contributed by atoms with E-state index in [2.05, 4.69) is 30.6 Å². The van der Waals surface area contributed by atoms with E-state index in [0.29, 0.717) is 47.1 Å². The SMILES string of the molecule is COc1cc(N2CCOCC2)c(-c2cnn(C)c2)cc1Nc1ncc(Cl)c(Nc2ccccc2P(C)(C)=O)n1. The molecule has 1 fully saturated rings. The van der Waals surface area contributed by atoms with Gasteiger partial charge in [-0.25, -0.2) is 4.98 Å². The van der Waals surface area contributed by atoms with Gasteiger partial charge < -0.3 is 29.6 Å². The lowest BCUT2D eigenvalue weighted by Gasteiger charge is -2.31. The zero-order valence-electron chi connectivity index (χ0n) is 22.3. The van der Waals surface area contributed by atoms with Crippen molar-refractivity contribution in [2.24, 2.45) is 7.05 Å². The highest BCUT2D eigenvalue weighted by Crippen LogP contribution is 2.41. The monoisotopic (exact) mass is 567 g/mol. The highest BCUT2D eigenvalue weighted by molar-refractivity contribution is 7.70. The molecule has 0 aliphatic carbocycles. The number of hydrogen-bond donors (Lipinski definition) is 2. The fraction of sp³-hybridized carbons (Fsp3) is 0.296. The van der Waals surface area contributed by atoms with Gasteiger partial charge in [0.25, 0.3) is 0 Å². The Bertz CT molecular complexity index is 1530. The fourth-order valence-electron chi connectivity index (χ4n) is 4.51. The van der Waals surface area contributed by atoms with E-state index in [1.54, 1.807) is 25.1 Å². The van der Waals surface area contributed by atoms with Crippen molar-refractivity contribution in [3.05, 3.63) is 60.0 Å². The Hall–Kier alpha value is -3.59. The highest BCUT2D eigenvalue weighted by atomic mass is 35.5. The number of benzene rings is 2. The summed E-state index contributed by atoms with van der Waals surface area (Å²) in [6, 6.07) is 11.5. The lowest BCUT2D eigenvalue weighted by Crippen LogP contribution is -2.36. The van der Waals surface area contributed by atoms with Crippen LogP contribution in [0, 0.1) is 0 Å². The van der Waals surface area contributed by atoms with Crippen molar-refractivity contribution in [2.45, 2.75) is 0 Å². The molecule has 4 aromatic rings.